The molecule has 1 amide bonds. The third kappa shape index (κ3) is 2.61. The van der Waals surface area contributed by atoms with Crippen LogP contribution in [0.2, 0.25) is 0 Å². The molecule has 0 bridgehead atoms. The smallest absolute Gasteiger partial charge is 0.245 e. The van der Waals surface area contributed by atoms with E-state index in [9.17, 15) is 9.18 Å². The summed E-state index contributed by atoms with van der Waals surface area (Å²) in [6.45, 7) is -0.522. The van der Waals surface area contributed by atoms with Crippen molar-refractivity contribution in [2.24, 2.45) is 0 Å². The Labute approximate surface area is 126 Å². The maximum Gasteiger partial charge on any atom is 0.245 e. The van der Waals surface area contributed by atoms with Crippen LogP contribution in [0.4, 0.5) is 15.8 Å². The molecule has 0 aromatic heterocycles. The standard InChI is InChI=1S/C16H15FN2OS/c17-8-9-19-13-10-12(18)6-7-14(13)21-15(16(19)20)11-4-2-1-3-5-11/h1-7,10,15H,8-9,18H2. The number of carbonyl (C=O) groups excluding carboxylic acids is 1. The summed E-state index contributed by atoms with van der Waals surface area (Å²) in [5.74, 6) is -0.0954. The lowest BCUT2D eigenvalue weighted by molar-refractivity contribution is -0.118. The maximum atomic E-state index is 12.8. The Morgan fingerprint density at radius 1 is 1.19 bits per heavy atom. The summed E-state index contributed by atoms with van der Waals surface area (Å²) in [5, 5.41) is -0.339. The first-order valence-corrected chi connectivity index (χ1v) is 7.57. The van der Waals surface area contributed by atoms with Gasteiger partial charge in [-0.1, -0.05) is 30.3 Å². The molecule has 0 fully saturated rings. The third-order valence-electron chi connectivity index (χ3n) is 3.42. The number of rotatable bonds is 3. The number of thioether (sulfide) groups is 1. The molecule has 0 radical (unpaired) electrons. The van der Waals surface area contributed by atoms with Crippen LogP contribution < -0.4 is 10.6 Å². The minimum atomic E-state index is -0.577. The van der Waals surface area contributed by atoms with Gasteiger partial charge in [0.25, 0.3) is 0 Å². The Kier molecular flexibility index (Phi) is 3.84. The van der Waals surface area contributed by atoms with Gasteiger partial charge < -0.3 is 10.6 Å². The number of nitrogens with zero attached hydrogens (tertiary/aromatic N) is 1. The summed E-state index contributed by atoms with van der Waals surface area (Å²) in [5.41, 5.74) is 8.00. The second-order valence-electron chi connectivity index (χ2n) is 4.81. The van der Waals surface area contributed by atoms with Crippen LogP contribution in [0.5, 0.6) is 0 Å². The zero-order chi connectivity index (χ0) is 14.8. The molecule has 0 aliphatic carbocycles. The van der Waals surface area contributed by atoms with Crippen molar-refractivity contribution in [2.45, 2.75) is 10.1 Å². The molecule has 2 N–H and O–H groups in total. The Bertz CT molecular complexity index is 663. The van der Waals surface area contributed by atoms with Gasteiger partial charge in [-0.25, -0.2) is 4.39 Å². The number of nitrogens with two attached hydrogens (primary N) is 1. The first kappa shape index (κ1) is 13.9. The summed E-state index contributed by atoms with van der Waals surface area (Å²) in [4.78, 5) is 15.1. The third-order valence-corrected chi connectivity index (χ3v) is 4.73. The predicted molar refractivity (Wildman–Crippen MR) is 84.2 cm³/mol. The molecule has 21 heavy (non-hydrogen) atoms. The summed E-state index contributed by atoms with van der Waals surface area (Å²) in [6.07, 6.45) is 0. The Morgan fingerprint density at radius 3 is 2.67 bits per heavy atom. The highest BCUT2D eigenvalue weighted by atomic mass is 32.2. The second kappa shape index (κ2) is 5.77. The minimum absolute atomic E-state index is 0.0547. The van der Waals surface area contributed by atoms with E-state index in [1.54, 1.807) is 12.1 Å². The Balaban J connectivity index is 2.04. The molecule has 1 aliphatic heterocycles. The van der Waals surface area contributed by atoms with Crippen LogP contribution >= 0.6 is 11.8 Å². The van der Waals surface area contributed by atoms with E-state index >= 15 is 0 Å². The van der Waals surface area contributed by atoms with Crippen LogP contribution in [-0.2, 0) is 4.79 Å². The molecular weight excluding hydrogens is 287 g/mol. The Morgan fingerprint density at radius 2 is 1.95 bits per heavy atom. The van der Waals surface area contributed by atoms with Crippen molar-refractivity contribution in [3.63, 3.8) is 0 Å². The van der Waals surface area contributed by atoms with E-state index in [2.05, 4.69) is 0 Å². The molecule has 1 heterocycles. The van der Waals surface area contributed by atoms with Gasteiger partial charge in [-0.15, -0.1) is 11.8 Å². The molecule has 2 aromatic rings. The van der Waals surface area contributed by atoms with Crippen LogP contribution in [-0.4, -0.2) is 19.1 Å². The highest BCUT2D eigenvalue weighted by Crippen LogP contribution is 2.46. The number of benzene rings is 2. The summed E-state index contributed by atoms with van der Waals surface area (Å²) in [7, 11) is 0. The van der Waals surface area contributed by atoms with Crippen molar-refractivity contribution in [2.75, 3.05) is 23.9 Å². The maximum absolute atomic E-state index is 12.8. The number of nitrogen functional groups attached to an aromatic ring is 1. The van der Waals surface area contributed by atoms with Gasteiger partial charge in [-0.2, -0.15) is 0 Å². The molecule has 1 unspecified atom stereocenters. The molecule has 5 heteroatoms. The van der Waals surface area contributed by atoms with Crippen molar-refractivity contribution >= 4 is 29.0 Å². The van der Waals surface area contributed by atoms with E-state index in [1.807, 2.05) is 36.4 Å². The number of amides is 1. The van der Waals surface area contributed by atoms with Crippen molar-refractivity contribution < 1.29 is 9.18 Å². The quantitative estimate of drug-likeness (QED) is 0.884. The highest BCUT2D eigenvalue weighted by Gasteiger charge is 2.34. The highest BCUT2D eigenvalue weighted by molar-refractivity contribution is 8.00. The first-order valence-electron chi connectivity index (χ1n) is 6.69. The van der Waals surface area contributed by atoms with E-state index in [0.717, 1.165) is 10.5 Å². The summed E-state index contributed by atoms with van der Waals surface area (Å²) < 4.78 is 12.8. The molecule has 3 rings (SSSR count). The van der Waals surface area contributed by atoms with Gasteiger partial charge >= 0.3 is 0 Å². The number of anilines is 2. The van der Waals surface area contributed by atoms with Gasteiger partial charge in [0.2, 0.25) is 5.91 Å². The lowest BCUT2D eigenvalue weighted by Gasteiger charge is -2.33. The monoisotopic (exact) mass is 302 g/mol. The number of hydrogen-bond acceptors (Lipinski definition) is 3. The van der Waals surface area contributed by atoms with Gasteiger partial charge in [0.05, 0.1) is 12.2 Å². The fourth-order valence-corrected chi connectivity index (χ4v) is 3.65. The van der Waals surface area contributed by atoms with Crippen LogP contribution in [0.15, 0.2) is 53.4 Å². The fourth-order valence-electron chi connectivity index (χ4n) is 2.44. The first-order chi connectivity index (χ1) is 10.2. The molecule has 1 atom stereocenters. The number of fused-ring (bicyclic) bond motifs is 1. The molecule has 0 saturated heterocycles. The van der Waals surface area contributed by atoms with Crippen LogP contribution in [0.25, 0.3) is 0 Å². The van der Waals surface area contributed by atoms with Gasteiger partial charge in [0.15, 0.2) is 0 Å². The number of alkyl halides is 1. The molecule has 2 aromatic carbocycles. The molecule has 0 spiro atoms. The van der Waals surface area contributed by atoms with Crippen molar-refractivity contribution in [3.8, 4) is 0 Å². The SMILES string of the molecule is Nc1ccc2c(c1)N(CCF)C(=O)C(c1ccccc1)S2. The largest absolute Gasteiger partial charge is 0.399 e. The number of halogens is 1. The lowest BCUT2D eigenvalue weighted by Crippen LogP contribution is -2.38. The van der Waals surface area contributed by atoms with E-state index in [0.29, 0.717) is 11.4 Å². The second-order valence-corrected chi connectivity index (χ2v) is 5.96. The van der Waals surface area contributed by atoms with Gasteiger partial charge in [0, 0.05) is 10.6 Å². The van der Waals surface area contributed by atoms with Crippen LogP contribution in [0.1, 0.15) is 10.8 Å². The zero-order valence-corrected chi connectivity index (χ0v) is 12.1. The zero-order valence-electron chi connectivity index (χ0n) is 11.3. The normalized spacial score (nSPS) is 17.7. The minimum Gasteiger partial charge on any atom is -0.399 e. The molecular formula is C16H15FN2OS. The topological polar surface area (TPSA) is 46.3 Å². The Hall–Kier alpha value is -2.01. The molecule has 108 valence electrons. The summed E-state index contributed by atoms with van der Waals surface area (Å²) >= 11 is 1.49. The van der Waals surface area contributed by atoms with Crippen LogP contribution in [0, 0.1) is 0 Å². The molecule has 1 aliphatic rings. The fraction of sp³-hybridized carbons (Fsp3) is 0.188. The lowest BCUT2D eigenvalue weighted by atomic mass is 10.1. The van der Waals surface area contributed by atoms with E-state index in [4.69, 9.17) is 5.73 Å². The predicted octanol–water partition coefficient (Wildman–Crippen LogP) is 3.42. The van der Waals surface area contributed by atoms with E-state index in [-0.39, 0.29) is 17.7 Å². The van der Waals surface area contributed by atoms with Gasteiger partial charge in [-0.3, -0.25) is 4.79 Å². The molecule has 3 nitrogen and oxygen atoms in total. The number of hydrogen-bond donors (Lipinski definition) is 1. The number of carbonyl (C=O) groups is 1. The van der Waals surface area contributed by atoms with Crippen molar-refractivity contribution in [1.29, 1.82) is 0 Å². The van der Waals surface area contributed by atoms with E-state index in [1.165, 1.54) is 16.7 Å². The molecule has 0 saturated carbocycles. The summed E-state index contributed by atoms with van der Waals surface area (Å²) in [6, 6.07) is 15.0. The average Bonchev–Trinajstić information content (AvgIpc) is 2.51. The van der Waals surface area contributed by atoms with E-state index < -0.39 is 6.67 Å². The van der Waals surface area contributed by atoms with Gasteiger partial charge in [0.1, 0.15) is 11.9 Å². The van der Waals surface area contributed by atoms with Crippen molar-refractivity contribution in [1.82, 2.24) is 0 Å². The van der Waals surface area contributed by atoms with Crippen LogP contribution in [0.3, 0.4) is 0 Å². The van der Waals surface area contributed by atoms with Gasteiger partial charge in [-0.05, 0) is 23.8 Å². The van der Waals surface area contributed by atoms with Crippen molar-refractivity contribution in [3.05, 3.63) is 54.1 Å². The average molecular weight is 302 g/mol.